The van der Waals surface area contributed by atoms with Crippen LogP contribution in [0.2, 0.25) is 5.02 Å². The Morgan fingerprint density at radius 3 is 2.67 bits per heavy atom. The second-order valence-electron chi connectivity index (χ2n) is 7.52. The highest BCUT2D eigenvalue weighted by atomic mass is 35.5. The Balaban J connectivity index is 1.71. The highest BCUT2D eigenvalue weighted by Crippen LogP contribution is 2.46. The maximum atomic E-state index is 13.0. The largest absolute Gasteiger partial charge is 0.466 e. The number of nitrogens with zero attached hydrogens (tertiary/aromatic N) is 3. The predicted octanol–water partition coefficient (Wildman–Crippen LogP) is 4.49. The SMILES string of the molecule is COC(=O)C1=C(C)N=C2SC=C(CC(=O)N3CCCCC3)N2C1c1ccccc1Cl. The van der Waals surface area contributed by atoms with Crippen LogP contribution in [0.15, 0.2) is 51.6 Å². The van der Waals surface area contributed by atoms with Gasteiger partial charge < -0.3 is 14.5 Å². The summed E-state index contributed by atoms with van der Waals surface area (Å²) < 4.78 is 5.07. The summed E-state index contributed by atoms with van der Waals surface area (Å²) in [6.45, 7) is 3.42. The molecule has 0 spiro atoms. The molecule has 1 amide bonds. The van der Waals surface area contributed by atoms with E-state index >= 15 is 0 Å². The standard InChI is InChI=1S/C22H24ClN3O3S/c1-14-19(21(28)29-2)20(16-8-4-5-9-17(16)23)26-15(13-30-22(26)24-14)12-18(27)25-10-6-3-7-11-25/h4-5,8-9,13,20H,3,6-7,10-12H2,1-2H3. The Morgan fingerprint density at radius 1 is 1.23 bits per heavy atom. The molecular formula is C22H24ClN3O3S. The van der Waals surface area contributed by atoms with E-state index in [0.717, 1.165) is 42.4 Å². The van der Waals surface area contributed by atoms with E-state index in [1.54, 1.807) is 13.0 Å². The molecule has 1 fully saturated rings. The quantitative estimate of drug-likeness (QED) is 0.639. The minimum Gasteiger partial charge on any atom is -0.466 e. The van der Waals surface area contributed by atoms with Crippen LogP contribution in [0.4, 0.5) is 0 Å². The summed E-state index contributed by atoms with van der Waals surface area (Å²) in [5.74, 6) is -0.342. The Hall–Kier alpha value is -2.25. The zero-order valence-electron chi connectivity index (χ0n) is 17.1. The molecule has 3 heterocycles. The molecule has 1 saturated heterocycles. The fraction of sp³-hybridized carbons (Fsp3) is 0.409. The lowest BCUT2D eigenvalue weighted by Crippen LogP contribution is -2.40. The van der Waals surface area contributed by atoms with Crippen LogP contribution in [-0.4, -0.2) is 47.0 Å². The number of esters is 1. The monoisotopic (exact) mass is 445 g/mol. The number of carbonyl (C=O) groups excluding carboxylic acids is 2. The van der Waals surface area contributed by atoms with Gasteiger partial charge in [0.15, 0.2) is 5.17 Å². The number of fused-ring (bicyclic) bond motifs is 1. The second kappa shape index (κ2) is 8.86. The van der Waals surface area contributed by atoms with Gasteiger partial charge in [0.1, 0.15) is 0 Å². The smallest absolute Gasteiger partial charge is 0.338 e. The van der Waals surface area contributed by atoms with Gasteiger partial charge in [-0.25, -0.2) is 9.79 Å². The van der Waals surface area contributed by atoms with Crippen molar-refractivity contribution < 1.29 is 14.3 Å². The van der Waals surface area contributed by atoms with Crippen molar-refractivity contribution in [3.63, 3.8) is 0 Å². The van der Waals surface area contributed by atoms with Crippen LogP contribution in [0.1, 0.15) is 44.2 Å². The number of thioether (sulfide) groups is 1. The molecular weight excluding hydrogens is 422 g/mol. The number of carbonyl (C=O) groups is 2. The molecule has 8 heteroatoms. The van der Waals surface area contributed by atoms with Gasteiger partial charge in [0, 0.05) is 23.8 Å². The summed E-state index contributed by atoms with van der Waals surface area (Å²) in [7, 11) is 1.36. The van der Waals surface area contributed by atoms with E-state index in [-0.39, 0.29) is 12.3 Å². The Morgan fingerprint density at radius 2 is 1.97 bits per heavy atom. The first-order valence-corrected chi connectivity index (χ1v) is 11.3. The Kier molecular flexibility index (Phi) is 6.20. The summed E-state index contributed by atoms with van der Waals surface area (Å²) in [5.41, 5.74) is 2.65. The highest BCUT2D eigenvalue weighted by molar-refractivity contribution is 8.16. The number of halogens is 1. The van der Waals surface area contributed by atoms with Crippen molar-refractivity contribution in [3.8, 4) is 0 Å². The molecule has 0 aromatic heterocycles. The minimum atomic E-state index is -0.492. The second-order valence-corrected chi connectivity index (χ2v) is 8.77. The van der Waals surface area contributed by atoms with Crippen molar-refractivity contribution in [2.75, 3.05) is 20.2 Å². The van der Waals surface area contributed by atoms with Gasteiger partial charge in [-0.3, -0.25) is 4.79 Å². The van der Waals surface area contributed by atoms with Crippen LogP contribution in [0.25, 0.3) is 0 Å². The molecule has 3 aliphatic rings. The first-order chi connectivity index (χ1) is 14.5. The van der Waals surface area contributed by atoms with Gasteiger partial charge in [0.05, 0.1) is 30.8 Å². The van der Waals surface area contributed by atoms with E-state index in [1.807, 2.05) is 33.4 Å². The third-order valence-electron chi connectivity index (χ3n) is 5.65. The molecule has 158 valence electrons. The van der Waals surface area contributed by atoms with Crippen molar-refractivity contribution in [1.29, 1.82) is 0 Å². The van der Waals surface area contributed by atoms with Crippen LogP contribution in [-0.2, 0) is 14.3 Å². The summed E-state index contributed by atoms with van der Waals surface area (Å²) >= 11 is 8.01. The molecule has 1 atom stereocenters. The number of ether oxygens (including phenoxy) is 1. The van der Waals surface area contributed by atoms with Crippen molar-refractivity contribution in [2.45, 2.75) is 38.6 Å². The number of piperidine rings is 1. The third-order valence-corrected chi connectivity index (χ3v) is 6.88. The molecule has 0 bridgehead atoms. The molecule has 30 heavy (non-hydrogen) atoms. The molecule has 0 N–H and O–H groups in total. The normalized spacial score (nSPS) is 21.2. The van der Waals surface area contributed by atoms with E-state index in [9.17, 15) is 9.59 Å². The van der Waals surface area contributed by atoms with Crippen molar-refractivity contribution in [1.82, 2.24) is 9.80 Å². The van der Waals surface area contributed by atoms with Crippen molar-refractivity contribution >= 4 is 40.4 Å². The number of benzene rings is 1. The van der Waals surface area contributed by atoms with Crippen molar-refractivity contribution in [3.05, 3.63) is 57.2 Å². The van der Waals surface area contributed by atoms with E-state index in [4.69, 9.17) is 16.3 Å². The number of hydrogen-bond donors (Lipinski definition) is 0. The zero-order valence-corrected chi connectivity index (χ0v) is 18.6. The molecule has 0 radical (unpaired) electrons. The fourth-order valence-electron chi connectivity index (χ4n) is 4.14. The lowest BCUT2D eigenvalue weighted by Gasteiger charge is -2.37. The van der Waals surface area contributed by atoms with Crippen LogP contribution < -0.4 is 0 Å². The van der Waals surface area contributed by atoms with Crippen LogP contribution in [0.5, 0.6) is 0 Å². The predicted molar refractivity (Wildman–Crippen MR) is 119 cm³/mol. The van der Waals surface area contributed by atoms with E-state index < -0.39 is 12.0 Å². The molecule has 4 rings (SSSR count). The number of amides is 1. The molecule has 1 unspecified atom stereocenters. The number of amidine groups is 1. The first-order valence-electron chi connectivity index (χ1n) is 10.1. The number of rotatable bonds is 4. The summed E-state index contributed by atoms with van der Waals surface area (Å²) in [6.07, 6.45) is 3.53. The third kappa shape index (κ3) is 3.88. The molecule has 1 aromatic rings. The Labute approximate surface area is 185 Å². The summed E-state index contributed by atoms with van der Waals surface area (Å²) in [4.78, 5) is 34.2. The first kappa shape index (κ1) is 21.0. The van der Waals surface area contributed by atoms with E-state index in [2.05, 4.69) is 4.99 Å². The van der Waals surface area contributed by atoms with Gasteiger partial charge in [0.2, 0.25) is 5.91 Å². The molecule has 3 aliphatic heterocycles. The number of methoxy groups -OCH3 is 1. The minimum absolute atomic E-state index is 0.103. The van der Waals surface area contributed by atoms with Gasteiger partial charge in [0.25, 0.3) is 0 Å². The highest BCUT2D eigenvalue weighted by Gasteiger charge is 2.42. The van der Waals surface area contributed by atoms with Crippen LogP contribution in [0.3, 0.4) is 0 Å². The molecule has 0 saturated carbocycles. The van der Waals surface area contributed by atoms with Gasteiger partial charge in [-0.15, -0.1) is 0 Å². The van der Waals surface area contributed by atoms with Crippen molar-refractivity contribution in [2.24, 2.45) is 4.99 Å². The summed E-state index contributed by atoms with van der Waals surface area (Å²) in [5, 5.41) is 3.25. The Bertz CT molecular complexity index is 966. The van der Waals surface area contributed by atoms with Gasteiger partial charge in [-0.05, 0) is 43.2 Å². The van der Waals surface area contributed by atoms with Gasteiger partial charge >= 0.3 is 5.97 Å². The number of hydrogen-bond acceptors (Lipinski definition) is 6. The van der Waals surface area contributed by atoms with Gasteiger partial charge in [-0.1, -0.05) is 41.6 Å². The van der Waals surface area contributed by atoms with E-state index in [1.165, 1.54) is 25.3 Å². The maximum Gasteiger partial charge on any atom is 0.338 e. The molecule has 6 nitrogen and oxygen atoms in total. The summed E-state index contributed by atoms with van der Waals surface area (Å²) in [6, 6.07) is 6.96. The van der Waals surface area contributed by atoms with Gasteiger partial charge in [-0.2, -0.15) is 0 Å². The number of aliphatic imine (C=N–C) groups is 1. The topological polar surface area (TPSA) is 62.2 Å². The molecule has 1 aromatic carbocycles. The fourth-order valence-corrected chi connectivity index (χ4v) is 5.35. The average Bonchev–Trinajstić information content (AvgIpc) is 3.15. The number of allylic oxidation sites excluding steroid dienone is 1. The molecule has 0 aliphatic carbocycles. The average molecular weight is 446 g/mol. The lowest BCUT2D eigenvalue weighted by atomic mass is 9.93. The number of likely N-dealkylation sites (tertiary alicyclic amines) is 1. The van der Waals surface area contributed by atoms with Crippen LogP contribution >= 0.6 is 23.4 Å². The lowest BCUT2D eigenvalue weighted by molar-refractivity contribution is -0.136. The van der Waals surface area contributed by atoms with Crippen LogP contribution in [0, 0.1) is 0 Å². The zero-order chi connectivity index (χ0) is 21.3. The maximum absolute atomic E-state index is 13.0. The van der Waals surface area contributed by atoms with E-state index in [0.29, 0.717) is 16.3 Å².